The minimum absolute atomic E-state index is 0.0735. The number of anilines is 2. The Morgan fingerprint density at radius 2 is 1.82 bits per heavy atom. The van der Waals surface area contributed by atoms with E-state index < -0.39 is 0 Å². The molecule has 2 aromatic carbocycles. The molecule has 0 saturated heterocycles. The van der Waals surface area contributed by atoms with Crippen LogP contribution >= 0.6 is 23.2 Å². The van der Waals surface area contributed by atoms with Crippen LogP contribution in [0, 0.1) is 13.8 Å². The Labute approximate surface area is 140 Å². The number of nitrogens with one attached hydrogen (secondary N) is 2. The molecule has 0 heterocycles. The SMILES string of the molecule is Cc1ccc(NCCC(=O)Nc2ccc(Cl)c(Cl)c2)c(C)c1. The van der Waals surface area contributed by atoms with Gasteiger partial charge in [-0.05, 0) is 43.7 Å². The zero-order valence-corrected chi connectivity index (χ0v) is 14.1. The molecular formula is C17H18Cl2N2O. The average Bonchev–Trinajstić information content (AvgIpc) is 2.45. The van der Waals surface area contributed by atoms with E-state index in [0.29, 0.717) is 28.7 Å². The van der Waals surface area contributed by atoms with Gasteiger partial charge in [-0.2, -0.15) is 0 Å². The van der Waals surface area contributed by atoms with Gasteiger partial charge in [-0.15, -0.1) is 0 Å². The third-order valence-corrected chi connectivity index (χ3v) is 3.99. The van der Waals surface area contributed by atoms with E-state index in [1.165, 1.54) is 11.1 Å². The molecule has 116 valence electrons. The molecule has 0 bridgehead atoms. The van der Waals surface area contributed by atoms with Crippen molar-refractivity contribution in [3.8, 4) is 0 Å². The van der Waals surface area contributed by atoms with E-state index in [2.05, 4.69) is 23.6 Å². The average molecular weight is 337 g/mol. The minimum Gasteiger partial charge on any atom is -0.384 e. The fraction of sp³-hybridized carbons (Fsp3) is 0.235. The first kappa shape index (κ1) is 16.7. The lowest BCUT2D eigenvalue weighted by Crippen LogP contribution is -2.16. The van der Waals surface area contributed by atoms with Gasteiger partial charge in [0.15, 0.2) is 0 Å². The topological polar surface area (TPSA) is 41.1 Å². The molecule has 0 spiro atoms. The van der Waals surface area contributed by atoms with Gasteiger partial charge in [0.25, 0.3) is 0 Å². The van der Waals surface area contributed by atoms with Crippen LogP contribution < -0.4 is 10.6 Å². The van der Waals surface area contributed by atoms with Gasteiger partial charge in [0.05, 0.1) is 10.0 Å². The van der Waals surface area contributed by atoms with Crippen molar-refractivity contribution in [2.24, 2.45) is 0 Å². The fourth-order valence-electron chi connectivity index (χ4n) is 2.12. The lowest BCUT2D eigenvalue weighted by atomic mass is 10.1. The number of hydrogen-bond donors (Lipinski definition) is 2. The normalized spacial score (nSPS) is 10.4. The smallest absolute Gasteiger partial charge is 0.226 e. The van der Waals surface area contributed by atoms with Crippen molar-refractivity contribution < 1.29 is 4.79 Å². The summed E-state index contributed by atoms with van der Waals surface area (Å²) in [5.74, 6) is -0.0735. The van der Waals surface area contributed by atoms with Crippen molar-refractivity contribution >= 4 is 40.5 Å². The summed E-state index contributed by atoms with van der Waals surface area (Å²) in [6.07, 6.45) is 0.369. The molecule has 0 atom stereocenters. The van der Waals surface area contributed by atoms with Gasteiger partial charge in [0.1, 0.15) is 0 Å². The van der Waals surface area contributed by atoms with E-state index in [-0.39, 0.29) is 5.91 Å². The molecule has 1 amide bonds. The third kappa shape index (κ3) is 4.65. The van der Waals surface area contributed by atoms with Gasteiger partial charge in [-0.25, -0.2) is 0 Å². The summed E-state index contributed by atoms with van der Waals surface area (Å²) in [5, 5.41) is 6.96. The minimum atomic E-state index is -0.0735. The summed E-state index contributed by atoms with van der Waals surface area (Å²) in [4.78, 5) is 11.9. The number of carbonyl (C=O) groups is 1. The number of benzene rings is 2. The third-order valence-electron chi connectivity index (χ3n) is 3.25. The van der Waals surface area contributed by atoms with Gasteiger partial charge in [-0.1, -0.05) is 40.9 Å². The zero-order valence-electron chi connectivity index (χ0n) is 12.5. The number of rotatable bonds is 5. The Balaban J connectivity index is 1.83. The van der Waals surface area contributed by atoms with Crippen LogP contribution in [0.3, 0.4) is 0 Å². The van der Waals surface area contributed by atoms with E-state index in [1.807, 2.05) is 19.1 Å². The molecule has 0 fully saturated rings. The van der Waals surface area contributed by atoms with Gasteiger partial charge < -0.3 is 10.6 Å². The Kier molecular flexibility index (Phi) is 5.69. The summed E-state index contributed by atoms with van der Waals surface area (Å²) in [7, 11) is 0. The standard InChI is InChI=1S/C17H18Cl2N2O/c1-11-3-6-16(12(2)9-11)20-8-7-17(22)21-13-4-5-14(18)15(19)10-13/h3-6,9-10,20H,7-8H2,1-2H3,(H,21,22). The highest BCUT2D eigenvalue weighted by Gasteiger charge is 2.05. The first-order valence-electron chi connectivity index (χ1n) is 7.02. The van der Waals surface area contributed by atoms with E-state index >= 15 is 0 Å². The molecule has 22 heavy (non-hydrogen) atoms. The van der Waals surface area contributed by atoms with Gasteiger partial charge in [0.2, 0.25) is 5.91 Å². The second-order valence-electron chi connectivity index (χ2n) is 5.17. The van der Waals surface area contributed by atoms with Crippen LogP contribution in [-0.2, 0) is 4.79 Å². The molecule has 0 aliphatic carbocycles. The number of carbonyl (C=O) groups excluding carboxylic acids is 1. The molecule has 3 nitrogen and oxygen atoms in total. The molecule has 2 aromatic rings. The molecule has 5 heteroatoms. The van der Waals surface area contributed by atoms with Crippen LogP contribution in [0.25, 0.3) is 0 Å². The van der Waals surface area contributed by atoms with Crippen LogP contribution in [0.4, 0.5) is 11.4 Å². The highest BCUT2D eigenvalue weighted by molar-refractivity contribution is 6.42. The second kappa shape index (κ2) is 7.52. The lowest BCUT2D eigenvalue weighted by Gasteiger charge is -2.10. The summed E-state index contributed by atoms with van der Waals surface area (Å²) in [5.41, 5.74) is 4.09. The van der Waals surface area contributed by atoms with Crippen molar-refractivity contribution in [1.29, 1.82) is 0 Å². The molecule has 0 aromatic heterocycles. The van der Waals surface area contributed by atoms with Gasteiger partial charge in [0, 0.05) is 24.3 Å². The second-order valence-corrected chi connectivity index (χ2v) is 5.99. The van der Waals surface area contributed by atoms with Crippen LogP contribution in [-0.4, -0.2) is 12.5 Å². The van der Waals surface area contributed by atoms with E-state index in [0.717, 1.165) is 5.69 Å². The number of amides is 1. The van der Waals surface area contributed by atoms with Crippen LogP contribution in [0.5, 0.6) is 0 Å². The first-order valence-corrected chi connectivity index (χ1v) is 7.77. The summed E-state index contributed by atoms with van der Waals surface area (Å²) < 4.78 is 0. The van der Waals surface area contributed by atoms with Crippen molar-refractivity contribution in [3.05, 3.63) is 57.6 Å². The Morgan fingerprint density at radius 3 is 2.50 bits per heavy atom. The zero-order chi connectivity index (χ0) is 16.1. The molecule has 2 rings (SSSR count). The van der Waals surface area contributed by atoms with Gasteiger partial charge in [-0.3, -0.25) is 4.79 Å². The molecular weight excluding hydrogens is 319 g/mol. The summed E-state index contributed by atoms with van der Waals surface area (Å²) in [6, 6.07) is 11.2. The lowest BCUT2D eigenvalue weighted by molar-refractivity contribution is -0.115. The monoisotopic (exact) mass is 336 g/mol. The van der Waals surface area contributed by atoms with E-state index in [1.54, 1.807) is 18.2 Å². The Bertz CT molecular complexity index is 686. The van der Waals surface area contributed by atoms with Crippen molar-refractivity contribution in [2.75, 3.05) is 17.2 Å². The molecule has 0 unspecified atom stereocenters. The van der Waals surface area contributed by atoms with Crippen LogP contribution in [0.2, 0.25) is 10.0 Å². The van der Waals surface area contributed by atoms with Crippen molar-refractivity contribution in [3.63, 3.8) is 0 Å². The molecule has 0 saturated carbocycles. The fourth-order valence-corrected chi connectivity index (χ4v) is 2.42. The van der Waals surface area contributed by atoms with E-state index in [9.17, 15) is 4.79 Å². The van der Waals surface area contributed by atoms with Gasteiger partial charge >= 0.3 is 0 Å². The maximum Gasteiger partial charge on any atom is 0.226 e. The number of halogens is 2. The predicted octanol–water partition coefficient (Wildman–Crippen LogP) is 5.05. The molecule has 0 radical (unpaired) electrons. The molecule has 0 aliphatic rings. The maximum atomic E-state index is 11.9. The van der Waals surface area contributed by atoms with Crippen molar-refractivity contribution in [2.45, 2.75) is 20.3 Å². The number of hydrogen-bond acceptors (Lipinski definition) is 2. The van der Waals surface area contributed by atoms with E-state index in [4.69, 9.17) is 23.2 Å². The highest BCUT2D eigenvalue weighted by atomic mass is 35.5. The highest BCUT2D eigenvalue weighted by Crippen LogP contribution is 2.25. The van der Waals surface area contributed by atoms with Crippen molar-refractivity contribution in [1.82, 2.24) is 0 Å². The van der Waals surface area contributed by atoms with Crippen LogP contribution in [0.15, 0.2) is 36.4 Å². The number of aryl methyl sites for hydroxylation is 2. The van der Waals surface area contributed by atoms with Crippen LogP contribution in [0.1, 0.15) is 17.5 Å². The first-order chi connectivity index (χ1) is 10.5. The Morgan fingerprint density at radius 1 is 1.05 bits per heavy atom. The summed E-state index contributed by atoms with van der Waals surface area (Å²) >= 11 is 11.8. The maximum absolute atomic E-state index is 11.9. The Hall–Kier alpha value is -1.71. The molecule has 2 N–H and O–H groups in total. The predicted molar refractivity (Wildman–Crippen MR) is 94.1 cm³/mol. The molecule has 0 aliphatic heterocycles. The quantitative estimate of drug-likeness (QED) is 0.801. The summed E-state index contributed by atoms with van der Waals surface area (Å²) in [6.45, 7) is 4.67. The largest absolute Gasteiger partial charge is 0.384 e.